The van der Waals surface area contributed by atoms with Gasteiger partial charge in [-0.15, -0.1) is 0 Å². The third-order valence-electron chi connectivity index (χ3n) is 2.53. The molecule has 88 valence electrons. The van der Waals surface area contributed by atoms with Crippen LogP contribution in [0.5, 0.6) is 0 Å². The van der Waals surface area contributed by atoms with Crippen LogP contribution in [0.3, 0.4) is 0 Å². The molecule has 0 saturated heterocycles. The highest BCUT2D eigenvalue weighted by Gasteiger charge is 2.14. The predicted octanol–water partition coefficient (Wildman–Crippen LogP) is 3.02. The highest BCUT2D eigenvalue weighted by atomic mass is 35.5. The summed E-state index contributed by atoms with van der Waals surface area (Å²) in [6.07, 6.45) is 3.37. The van der Waals surface area contributed by atoms with Crippen LogP contribution in [0.1, 0.15) is 17.2 Å². The molecule has 0 fully saturated rings. The fraction of sp³-hybridized carbons (Fsp3) is 0.0833. The van der Waals surface area contributed by atoms with Crippen molar-refractivity contribution in [3.8, 4) is 0 Å². The minimum absolute atomic E-state index is 0.340. The maximum absolute atomic E-state index is 6.13. The van der Waals surface area contributed by atoms with E-state index in [0.29, 0.717) is 15.7 Å². The number of rotatable bonds is 2. The summed E-state index contributed by atoms with van der Waals surface area (Å²) in [6, 6.07) is 6.65. The van der Waals surface area contributed by atoms with Crippen LogP contribution < -0.4 is 11.5 Å². The molecule has 1 unspecified atom stereocenters. The molecule has 1 aromatic carbocycles. The number of hydrogen-bond donors (Lipinski definition) is 2. The topological polar surface area (TPSA) is 64.9 Å². The number of hydrogen-bond acceptors (Lipinski definition) is 3. The fourth-order valence-electron chi connectivity index (χ4n) is 1.60. The maximum atomic E-state index is 6.13. The SMILES string of the molecule is Nc1cc(Cl)c(Cl)cc1C(N)c1ccncc1. The molecule has 5 heteroatoms. The van der Waals surface area contributed by atoms with Crippen LogP contribution in [0.25, 0.3) is 0 Å². The molecule has 0 saturated carbocycles. The average molecular weight is 268 g/mol. The van der Waals surface area contributed by atoms with Crippen LogP contribution in [-0.2, 0) is 0 Å². The van der Waals surface area contributed by atoms with Gasteiger partial charge in [0.2, 0.25) is 0 Å². The van der Waals surface area contributed by atoms with Crippen molar-refractivity contribution < 1.29 is 0 Å². The first-order chi connectivity index (χ1) is 8.09. The summed E-state index contributed by atoms with van der Waals surface area (Å²) in [7, 11) is 0. The lowest BCUT2D eigenvalue weighted by molar-refractivity contribution is 0.871. The van der Waals surface area contributed by atoms with Crippen molar-refractivity contribution >= 4 is 28.9 Å². The quantitative estimate of drug-likeness (QED) is 0.823. The second kappa shape index (κ2) is 4.92. The van der Waals surface area contributed by atoms with E-state index in [1.807, 2.05) is 12.1 Å². The second-order valence-electron chi connectivity index (χ2n) is 3.65. The number of halogens is 2. The van der Waals surface area contributed by atoms with E-state index in [1.165, 1.54) is 0 Å². The zero-order valence-electron chi connectivity index (χ0n) is 8.90. The van der Waals surface area contributed by atoms with Gasteiger partial charge in [-0.3, -0.25) is 4.98 Å². The molecular formula is C12H11Cl2N3. The first kappa shape index (κ1) is 12.2. The Balaban J connectivity index is 2.44. The Kier molecular flexibility index (Phi) is 3.52. The van der Waals surface area contributed by atoms with Crippen molar-refractivity contribution in [2.45, 2.75) is 6.04 Å². The number of aromatic nitrogens is 1. The summed E-state index contributed by atoms with van der Waals surface area (Å²) in [6.45, 7) is 0. The standard InChI is InChI=1S/C12H11Cl2N3/c13-9-5-8(11(15)6-10(9)14)12(16)7-1-3-17-4-2-7/h1-6,12H,15-16H2. The van der Waals surface area contributed by atoms with Crippen molar-refractivity contribution in [1.82, 2.24) is 4.98 Å². The molecule has 2 rings (SSSR count). The summed E-state index contributed by atoms with van der Waals surface area (Å²) in [5.41, 5.74) is 14.2. The van der Waals surface area contributed by atoms with Gasteiger partial charge in [0.25, 0.3) is 0 Å². The van der Waals surface area contributed by atoms with Crippen molar-refractivity contribution in [3.63, 3.8) is 0 Å². The number of anilines is 1. The third-order valence-corrected chi connectivity index (χ3v) is 3.25. The van der Waals surface area contributed by atoms with Crippen molar-refractivity contribution in [2.75, 3.05) is 5.73 Å². The lowest BCUT2D eigenvalue weighted by Crippen LogP contribution is -2.14. The molecule has 1 atom stereocenters. The summed E-state index contributed by atoms with van der Waals surface area (Å²) < 4.78 is 0. The van der Waals surface area contributed by atoms with Crippen molar-refractivity contribution in [2.24, 2.45) is 5.73 Å². The zero-order chi connectivity index (χ0) is 12.4. The Hall–Kier alpha value is -1.29. The molecular weight excluding hydrogens is 257 g/mol. The highest BCUT2D eigenvalue weighted by molar-refractivity contribution is 6.42. The minimum Gasteiger partial charge on any atom is -0.398 e. The van der Waals surface area contributed by atoms with Gasteiger partial charge in [0.15, 0.2) is 0 Å². The smallest absolute Gasteiger partial charge is 0.0612 e. The molecule has 3 nitrogen and oxygen atoms in total. The van der Waals surface area contributed by atoms with E-state index in [4.69, 9.17) is 34.7 Å². The Morgan fingerprint density at radius 3 is 2.29 bits per heavy atom. The Morgan fingerprint density at radius 2 is 1.65 bits per heavy atom. The Labute approximate surface area is 109 Å². The lowest BCUT2D eigenvalue weighted by Gasteiger charge is -2.15. The van der Waals surface area contributed by atoms with Crippen LogP contribution in [0.15, 0.2) is 36.7 Å². The van der Waals surface area contributed by atoms with Gasteiger partial charge in [-0.25, -0.2) is 0 Å². The van der Waals surface area contributed by atoms with Gasteiger partial charge in [0, 0.05) is 18.1 Å². The van der Waals surface area contributed by atoms with E-state index >= 15 is 0 Å². The first-order valence-corrected chi connectivity index (χ1v) is 5.75. The monoisotopic (exact) mass is 267 g/mol. The molecule has 1 heterocycles. The summed E-state index contributed by atoms with van der Waals surface area (Å²) in [5.74, 6) is 0. The van der Waals surface area contributed by atoms with Gasteiger partial charge in [0.05, 0.1) is 16.1 Å². The summed E-state index contributed by atoms with van der Waals surface area (Å²) in [4.78, 5) is 3.94. The molecule has 2 aromatic rings. The van der Waals surface area contributed by atoms with Gasteiger partial charge in [0.1, 0.15) is 0 Å². The van der Waals surface area contributed by atoms with E-state index in [-0.39, 0.29) is 6.04 Å². The van der Waals surface area contributed by atoms with E-state index in [1.54, 1.807) is 24.5 Å². The molecule has 0 bridgehead atoms. The molecule has 17 heavy (non-hydrogen) atoms. The molecule has 0 radical (unpaired) electrons. The number of pyridine rings is 1. The summed E-state index contributed by atoms with van der Waals surface area (Å²) in [5, 5.41) is 0.871. The average Bonchev–Trinajstić information content (AvgIpc) is 2.34. The van der Waals surface area contributed by atoms with Crippen LogP contribution >= 0.6 is 23.2 Å². The van der Waals surface area contributed by atoms with E-state index in [0.717, 1.165) is 11.1 Å². The molecule has 0 amide bonds. The molecule has 0 aliphatic heterocycles. The van der Waals surface area contributed by atoms with Gasteiger partial charge < -0.3 is 11.5 Å². The summed E-state index contributed by atoms with van der Waals surface area (Å²) >= 11 is 11.8. The van der Waals surface area contributed by atoms with Crippen LogP contribution in [0.2, 0.25) is 10.0 Å². The largest absolute Gasteiger partial charge is 0.398 e. The fourth-order valence-corrected chi connectivity index (χ4v) is 1.94. The second-order valence-corrected chi connectivity index (χ2v) is 4.47. The number of nitrogen functional groups attached to an aromatic ring is 1. The van der Waals surface area contributed by atoms with Gasteiger partial charge in [-0.05, 0) is 35.4 Å². The Bertz CT molecular complexity index is 529. The number of nitrogens with zero attached hydrogens (tertiary/aromatic N) is 1. The molecule has 0 aliphatic rings. The van der Waals surface area contributed by atoms with E-state index < -0.39 is 0 Å². The van der Waals surface area contributed by atoms with Gasteiger partial charge in [-0.2, -0.15) is 0 Å². The third kappa shape index (κ3) is 2.52. The molecule has 4 N–H and O–H groups in total. The van der Waals surface area contributed by atoms with Crippen LogP contribution in [-0.4, -0.2) is 4.98 Å². The normalized spacial score (nSPS) is 12.4. The van der Waals surface area contributed by atoms with E-state index in [2.05, 4.69) is 4.98 Å². The van der Waals surface area contributed by atoms with Crippen molar-refractivity contribution in [3.05, 3.63) is 57.8 Å². The zero-order valence-corrected chi connectivity index (χ0v) is 10.4. The Morgan fingerprint density at radius 1 is 1.06 bits per heavy atom. The number of benzene rings is 1. The first-order valence-electron chi connectivity index (χ1n) is 4.99. The van der Waals surface area contributed by atoms with Crippen LogP contribution in [0.4, 0.5) is 5.69 Å². The predicted molar refractivity (Wildman–Crippen MR) is 71.1 cm³/mol. The minimum atomic E-state index is -0.340. The lowest BCUT2D eigenvalue weighted by atomic mass is 9.99. The van der Waals surface area contributed by atoms with E-state index in [9.17, 15) is 0 Å². The molecule has 1 aromatic heterocycles. The van der Waals surface area contributed by atoms with Gasteiger partial charge >= 0.3 is 0 Å². The van der Waals surface area contributed by atoms with Crippen molar-refractivity contribution in [1.29, 1.82) is 0 Å². The number of nitrogens with two attached hydrogens (primary N) is 2. The highest BCUT2D eigenvalue weighted by Crippen LogP contribution is 2.32. The molecule has 0 spiro atoms. The van der Waals surface area contributed by atoms with Gasteiger partial charge in [-0.1, -0.05) is 23.2 Å². The van der Waals surface area contributed by atoms with Crippen LogP contribution in [0, 0.1) is 0 Å². The maximum Gasteiger partial charge on any atom is 0.0612 e. The molecule has 0 aliphatic carbocycles.